The van der Waals surface area contributed by atoms with E-state index >= 15 is 0 Å². The third kappa shape index (κ3) is 4.41. The highest BCUT2D eigenvalue weighted by atomic mass is 16.5. The molecule has 4 rings (SSSR count). The van der Waals surface area contributed by atoms with Crippen molar-refractivity contribution < 1.29 is 14.3 Å². The Kier molecular flexibility index (Phi) is 6.09. The van der Waals surface area contributed by atoms with Crippen LogP contribution in [0.4, 0.5) is 0 Å². The van der Waals surface area contributed by atoms with Crippen LogP contribution in [0.2, 0.25) is 0 Å². The number of methoxy groups -OCH3 is 1. The molecule has 33 heavy (non-hydrogen) atoms. The number of carbonyl (C=O) groups is 2. The van der Waals surface area contributed by atoms with Crippen LogP contribution in [0, 0.1) is 20.8 Å². The van der Waals surface area contributed by atoms with Crippen molar-refractivity contribution in [2.24, 2.45) is 5.10 Å². The fourth-order valence-corrected chi connectivity index (χ4v) is 3.94. The summed E-state index contributed by atoms with van der Waals surface area (Å²) < 4.78 is 6.92. The molecular formula is C27H25N3O3. The summed E-state index contributed by atoms with van der Waals surface area (Å²) >= 11 is 0. The molecule has 6 heteroatoms. The standard InChI is InChI=1S/C27H25N3O3/c1-17-9-10-23(27(32)33-4)15-25(17)30-18(2)13-24(19(30)3)16-28-29-26(31)22-12-11-20-7-5-6-8-21(20)14-22/h5-16H,1-4H3,(H,29,31)/b28-16+. The van der Waals surface area contributed by atoms with Gasteiger partial charge in [-0.2, -0.15) is 5.10 Å². The predicted molar refractivity (Wildman–Crippen MR) is 130 cm³/mol. The number of esters is 1. The SMILES string of the molecule is COC(=O)c1ccc(C)c(-n2c(C)cc(/C=N/NC(=O)c3ccc4ccccc4c3)c2C)c1. The molecule has 0 saturated carbocycles. The highest BCUT2D eigenvalue weighted by molar-refractivity contribution is 5.99. The van der Waals surface area contributed by atoms with E-state index in [1.54, 1.807) is 18.3 Å². The third-order valence-corrected chi connectivity index (χ3v) is 5.72. The van der Waals surface area contributed by atoms with Gasteiger partial charge in [0.1, 0.15) is 0 Å². The number of benzene rings is 3. The van der Waals surface area contributed by atoms with Crippen LogP contribution in [-0.4, -0.2) is 29.8 Å². The zero-order chi connectivity index (χ0) is 23.5. The first-order valence-electron chi connectivity index (χ1n) is 10.6. The van der Waals surface area contributed by atoms with Gasteiger partial charge in [0, 0.05) is 28.2 Å². The Morgan fingerprint density at radius 1 is 0.909 bits per heavy atom. The highest BCUT2D eigenvalue weighted by Crippen LogP contribution is 2.24. The summed E-state index contributed by atoms with van der Waals surface area (Å²) in [7, 11) is 1.37. The number of aromatic nitrogens is 1. The Bertz CT molecular complexity index is 1400. The number of ether oxygens (including phenoxy) is 1. The second-order valence-corrected chi connectivity index (χ2v) is 7.92. The lowest BCUT2D eigenvalue weighted by Crippen LogP contribution is -2.17. The van der Waals surface area contributed by atoms with Crippen LogP contribution in [0.25, 0.3) is 16.5 Å². The van der Waals surface area contributed by atoms with Crippen LogP contribution in [0.1, 0.15) is 43.2 Å². The number of amides is 1. The van der Waals surface area contributed by atoms with Gasteiger partial charge in [-0.1, -0.05) is 36.4 Å². The number of nitrogens with one attached hydrogen (secondary N) is 1. The lowest BCUT2D eigenvalue weighted by atomic mass is 10.1. The van der Waals surface area contributed by atoms with Crippen molar-refractivity contribution in [3.8, 4) is 5.69 Å². The molecule has 0 radical (unpaired) electrons. The lowest BCUT2D eigenvalue weighted by molar-refractivity contribution is 0.0600. The van der Waals surface area contributed by atoms with Gasteiger partial charge in [0.25, 0.3) is 5.91 Å². The number of nitrogens with zero attached hydrogens (tertiary/aromatic N) is 2. The molecule has 0 spiro atoms. The fourth-order valence-electron chi connectivity index (χ4n) is 3.94. The Morgan fingerprint density at radius 3 is 2.39 bits per heavy atom. The van der Waals surface area contributed by atoms with E-state index in [4.69, 9.17) is 4.74 Å². The molecule has 0 aliphatic heterocycles. The molecule has 6 nitrogen and oxygen atoms in total. The van der Waals surface area contributed by atoms with Crippen molar-refractivity contribution in [1.82, 2.24) is 9.99 Å². The topological polar surface area (TPSA) is 72.7 Å². The first-order valence-corrected chi connectivity index (χ1v) is 10.6. The Balaban J connectivity index is 1.57. The molecule has 0 aliphatic carbocycles. The number of hydrogen-bond donors (Lipinski definition) is 1. The van der Waals surface area contributed by atoms with Crippen LogP contribution in [0.15, 0.2) is 71.8 Å². The largest absolute Gasteiger partial charge is 0.465 e. The maximum Gasteiger partial charge on any atom is 0.337 e. The molecule has 0 fully saturated rings. The summed E-state index contributed by atoms with van der Waals surface area (Å²) in [5, 5.41) is 6.26. The average molecular weight is 440 g/mol. The Morgan fingerprint density at radius 2 is 1.64 bits per heavy atom. The number of fused-ring (bicyclic) bond motifs is 1. The molecule has 0 saturated heterocycles. The van der Waals surface area contributed by atoms with Crippen LogP contribution < -0.4 is 5.43 Å². The number of hydrazone groups is 1. The maximum absolute atomic E-state index is 12.6. The summed E-state index contributed by atoms with van der Waals surface area (Å²) in [4.78, 5) is 24.5. The molecule has 0 atom stereocenters. The summed E-state index contributed by atoms with van der Waals surface area (Å²) in [5.41, 5.74) is 8.37. The first-order chi connectivity index (χ1) is 15.9. The van der Waals surface area contributed by atoms with Gasteiger partial charge in [-0.3, -0.25) is 4.79 Å². The van der Waals surface area contributed by atoms with E-state index in [-0.39, 0.29) is 11.9 Å². The van der Waals surface area contributed by atoms with Gasteiger partial charge < -0.3 is 9.30 Å². The normalized spacial score (nSPS) is 11.2. The zero-order valence-electron chi connectivity index (χ0n) is 19.0. The zero-order valence-corrected chi connectivity index (χ0v) is 19.0. The first kappa shape index (κ1) is 22.0. The van der Waals surface area contributed by atoms with Crippen LogP contribution >= 0.6 is 0 Å². The third-order valence-electron chi connectivity index (χ3n) is 5.72. The maximum atomic E-state index is 12.6. The summed E-state index contributed by atoms with van der Waals surface area (Å²) in [6.45, 7) is 5.96. The van der Waals surface area contributed by atoms with Crippen molar-refractivity contribution in [2.45, 2.75) is 20.8 Å². The van der Waals surface area contributed by atoms with Gasteiger partial charge in [0.05, 0.1) is 18.9 Å². The van der Waals surface area contributed by atoms with Gasteiger partial charge in [0.15, 0.2) is 0 Å². The second kappa shape index (κ2) is 9.12. The molecule has 4 aromatic rings. The second-order valence-electron chi connectivity index (χ2n) is 7.92. The highest BCUT2D eigenvalue weighted by Gasteiger charge is 2.14. The number of carbonyl (C=O) groups excluding carboxylic acids is 2. The van der Waals surface area contributed by atoms with E-state index in [2.05, 4.69) is 15.1 Å². The average Bonchev–Trinajstić information content (AvgIpc) is 3.11. The molecule has 1 N–H and O–H groups in total. The van der Waals surface area contributed by atoms with Gasteiger partial charge >= 0.3 is 5.97 Å². The van der Waals surface area contributed by atoms with Crippen molar-refractivity contribution in [3.05, 3.63) is 100 Å². The quantitative estimate of drug-likeness (QED) is 0.267. The number of aryl methyl sites for hydroxylation is 2. The van der Waals surface area contributed by atoms with Gasteiger partial charge in [-0.05, 0) is 67.4 Å². The smallest absolute Gasteiger partial charge is 0.337 e. The van der Waals surface area contributed by atoms with Crippen LogP contribution in [0.3, 0.4) is 0 Å². The molecule has 1 amide bonds. The fraction of sp³-hybridized carbons (Fsp3) is 0.148. The van der Waals surface area contributed by atoms with Crippen molar-refractivity contribution in [1.29, 1.82) is 0 Å². The molecule has 0 bridgehead atoms. The lowest BCUT2D eigenvalue weighted by Gasteiger charge is -2.14. The monoisotopic (exact) mass is 439 g/mol. The van der Waals surface area contributed by atoms with Crippen molar-refractivity contribution in [2.75, 3.05) is 7.11 Å². The number of rotatable bonds is 5. The molecule has 3 aromatic carbocycles. The summed E-state index contributed by atoms with van der Waals surface area (Å²) in [6.07, 6.45) is 1.64. The van der Waals surface area contributed by atoms with E-state index in [1.807, 2.05) is 75.4 Å². The van der Waals surface area contributed by atoms with Gasteiger partial charge in [0.2, 0.25) is 0 Å². The molecule has 1 heterocycles. The van der Waals surface area contributed by atoms with Crippen molar-refractivity contribution >= 4 is 28.9 Å². The minimum Gasteiger partial charge on any atom is -0.465 e. The van der Waals surface area contributed by atoms with E-state index in [9.17, 15) is 9.59 Å². The molecular weight excluding hydrogens is 414 g/mol. The van der Waals surface area contributed by atoms with E-state index in [1.165, 1.54) is 7.11 Å². The Labute approximate surface area is 192 Å². The summed E-state index contributed by atoms with van der Waals surface area (Å²) in [5.74, 6) is -0.649. The van der Waals surface area contributed by atoms with Crippen LogP contribution in [0.5, 0.6) is 0 Å². The molecule has 0 unspecified atom stereocenters. The van der Waals surface area contributed by atoms with Crippen molar-refractivity contribution in [3.63, 3.8) is 0 Å². The van der Waals surface area contributed by atoms with E-state index in [0.717, 1.165) is 39.0 Å². The van der Waals surface area contributed by atoms with Gasteiger partial charge in [-0.25, -0.2) is 10.2 Å². The minimum atomic E-state index is -0.378. The Hall–Kier alpha value is -4.19. The molecule has 0 aliphatic rings. The van der Waals surface area contributed by atoms with Crippen LogP contribution in [-0.2, 0) is 4.74 Å². The van der Waals surface area contributed by atoms with E-state index < -0.39 is 0 Å². The van der Waals surface area contributed by atoms with E-state index in [0.29, 0.717) is 11.1 Å². The molecule has 166 valence electrons. The van der Waals surface area contributed by atoms with Gasteiger partial charge in [-0.15, -0.1) is 0 Å². The minimum absolute atomic E-state index is 0.271. The molecule has 1 aromatic heterocycles. The number of hydrogen-bond acceptors (Lipinski definition) is 4. The predicted octanol–water partition coefficient (Wildman–Crippen LogP) is 5.11. The summed E-state index contributed by atoms with van der Waals surface area (Å²) in [6, 6.07) is 20.9.